The summed E-state index contributed by atoms with van der Waals surface area (Å²) in [5.41, 5.74) is 4.37. The third-order valence-electron chi connectivity index (χ3n) is 5.77. The van der Waals surface area contributed by atoms with Crippen LogP contribution in [0.5, 0.6) is 0 Å². The van der Waals surface area contributed by atoms with Crippen molar-refractivity contribution in [3.8, 4) is 0 Å². The van der Waals surface area contributed by atoms with Gasteiger partial charge in [-0.05, 0) is 38.0 Å². The Balaban J connectivity index is 1.77. The number of aliphatic hydroxyl groups excluding tert-OH is 1. The van der Waals surface area contributed by atoms with E-state index in [1.807, 2.05) is 67.8 Å². The van der Waals surface area contributed by atoms with Gasteiger partial charge in [0.05, 0.1) is 17.3 Å². The first-order valence-corrected chi connectivity index (χ1v) is 11.0. The van der Waals surface area contributed by atoms with E-state index in [1.165, 1.54) is 16.2 Å². The second-order valence-corrected chi connectivity index (χ2v) is 8.70. The molecule has 0 bridgehead atoms. The van der Waals surface area contributed by atoms with Crippen molar-refractivity contribution < 1.29 is 14.7 Å². The van der Waals surface area contributed by atoms with Gasteiger partial charge in [-0.15, -0.1) is 11.3 Å². The first-order valence-electron chi connectivity index (χ1n) is 10.1. The zero-order valence-electron chi connectivity index (χ0n) is 17.7. The molecule has 0 saturated carbocycles. The quantitative estimate of drug-likeness (QED) is 0.288. The van der Waals surface area contributed by atoms with E-state index in [0.717, 1.165) is 11.1 Å². The fraction of sp³-hybridized carbons (Fsp3) is 0.167. The summed E-state index contributed by atoms with van der Waals surface area (Å²) in [6.45, 7) is 5.72. The average Bonchev–Trinajstić information content (AvgIpc) is 3.48. The number of hydrogen-bond acceptors (Lipinski definition) is 6. The van der Waals surface area contributed by atoms with Crippen LogP contribution in [0.1, 0.15) is 34.1 Å². The largest absolute Gasteiger partial charge is 0.505 e. The Bertz CT molecular complexity index is 1400. The van der Waals surface area contributed by atoms with E-state index < -0.39 is 17.7 Å². The van der Waals surface area contributed by atoms with Crippen LogP contribution in [0.4, 0.5) is 5.13 Å². The Morgan fingerprint density at radius 3 is 2.50 bits per heavy atom. The summed E-state index contributed by atoms with van der Waals surface area (Å²) in [4.78, 5) is 36.5. The molecule has 1 N–H and O–H groups in total. The Kier molecular flexibility index (Phi) is 4.67. The van der Waals surface area contributed by atoms with Gasteiger partial charge in [-0.3, -0.25) is 14.5 Å². The Morgan fingerprint density at radius 2 is 1.84 bits per heavy atom. The van der Waals surface area contributed by atoms with Gasteiger partial charge in [0.15, 0.2) is 10.9 Å². The number of carbonyl (C=O) groups excluding carboxylic acids is 2. The molecule has 5 rings (SSSR count). The number of anilines is 1. The molecule has 1 atom stereocenters. The van der Waals surface area contributed by atoms with Crippen LogP contribution >= 0.6 is 11.3 Å². The van der Waals surface area contributed by atoms with E-state index in [1.54, 1.807) is 11.6 Å². The molecule has 0 radical (unpaired) electrons. The summed E-state index contributed by atoms with van der Waals surface area (Å²) < 4.78 is 1.86. The lowest BCUT2D eigenvalue weighted by molar-refractivity contribution is -0.132. The number of aliphatic hydroxyl groups is 1. The first-order chi connectivity index (χ1) is 15.4. The summed E-state index contributed by atoms with van der Waals surface area (Å²) in [6, 6.07) is 10.6. The standard InChI is InChI=1S/C24H20N4O3S/c1-13-6-8-16(9-7-13)19-17(21(30)23(31)28(19)24-25-10-12-32-24)20(29)18-15(3)27-11-4-5-14(2)22(27)26-18/h4-12,19,29H,1-3H3/b20-17+. The predicted octanol–water partition coefficient (Wildman–Crippen LogP) is 4.34. The summed E-state index contributed by atoms with van der Waals surface area (Å²) in [5, 5.41) is 13.5. The molecule has 1 amide bonds. The number of hydrogen-bond donors (Lipinski definition) is 1. The lowest BCUT2D eigenvalue weighted by Gasteiger charge is -2.22. The average molecular weight is 445 g/mol. The van der Waals surface area contributed by atoms with Crippen LogP contribution in [0.3, 0.4) is 0 Å². The predicted molar refractivity (Wildman–Crippen MR) is 123 cm³/mol. The molecule has 0 spiro atoms. The zero-order valence-corrected chi connectivity index (χ0v) is 18.6. The van der Waals surface area contributed by atoms with E-state index in [-0.39, 0.29) is 17.0 Å². The molecule has 160 valence electrons. The van der Waals surface area contributed by atoms with E-state index in [2.05, 4.69) is 9.97 Å². The van der Waals surface area contributed by atoms with Gasteiger partial charge in [0.25, 0.3) is 5.78 Å². The molecule has 1 unspecified atom stereocenters. The number of ketones is 1. The van der Waals surface area contributed by atoms with Gasteiger partial charge in [0.2, 0.25) is 0 Å². The molecule has 4 heterocycles. The SMILES string of the molecule is Cc1ccc(C2/C(=C(\O)c3nc4c(C)cccn4c3C)C(=O)C(=O)N2c2nccs2)cc1. The maximum atomic E-state index is 13.2. The highest BCUT2D eigenvalue weighted by molar-refractivity contribution is 7.14. The summed E-state index contributed by atoms with van der Waals surface area (Å²) >= 11 is 1.26. The first kappa shape index (κ1) is 20.1. The summed E-state index contributed by atoms with van der Waals surface area (Å²) in [5.74, 6) is -1.75. The van der Waals surface area contributed by atoms with Gasteiger partial charge in [0, 0.05) is 17.8 Å². The number of rotatable bonds is 3. The molecule has 1 fully saturated rings. The third-order valence-corrected chi connectivity index (χ3v) is 6.54. The maximum Gasteiger partial charge on any atom is 0.301 e. The number of aryl methyl sites for hydroxylation is 3. The third kappa shape index (κ3) is 2.95. The minimum atomic E-state index is -0.799. The molecular formula is C24H20N4O3S. The van der Waals surface area contributed by atoms with E-state index in [4.69, 9.17) is 0 Å². The van der Waals surface area contributed by atoms with Crippen molar-refractivity contribution in [2.45, 2.75) is 26.8 Å². The monoisotopic (exact) mass is 444 g/mol. The molecule has 1 aliphatic rings. The van der Waals surface area contributed by atoms with Gasteiger partial charge in [-0.25, -0.2) is 9.97 Å². The van der Waals surface area contributed by atoms with Crippen LogP contribution in [-0.4, -0.2) is 31.2 Å². The molecule has 0 aliphatic carbocycles. The molecule has 4 aromatic rings. The normalized spacial score (nSPS) is 18.1. The molecule has 1 aromatic carbocycles. The number of fused-ring (bicyclic) bond motifs is 1. The molecule has 32 heavy (non-hydrogen) atoms. The van der Waals surface area contributed by atoms with Crippen LogP contribution in [0, 0.1) is 20.8 Å². The molecule has 1 aliphatic heterocycles. The number of Topliss-reactive ketones (excluding diaryl/α,β-unsaturated/α-hetero) is 1. The Labute approximate surface area is 188 Å². The fourth-order valence-electron chi connectivity index (χ4n) is 4.10. The number of benzene rings is 1. The number of nitrogens with zero attached hydrogens (tertiary/aromatic N) is 4. The molecular weight excluding hydrogens is 424 g/mol. The van der Waals surface area contributed by atoms with Crippen LogP contribution in [0.15, 0.2) is 59.7 Å². The van der Waals surface area contributed by atoms with Gasteiger partial charge in [0.1, 0.15) is 11.3 Å². The highest BCUT2D eigenvalue weighted by Crippen LogP contribution is 2.43. The lowest BCUT2D eigenvalue weighted by Crippen LogP contribution is -2.29. The van der Waals surface area contributed by atoms with Crippen molar-refractivity contribution in [3.63, 3.8) is 0 Å². The summed E-state index contributed by atoms with van der Waals surface area (Å²) in [7, 11) is 0. The van der Waals surface area contributed by atoms with Crippen molar-refractivity contribution in [2.24, 2.45) is 0 Å². The number of carbonyl (C=O) groups is 2. The van der Waals surface area contributed by atoms with Crippen LogP contribution < -0.4 is 4.90 Å². The minimum absolute atomic E-state index is 0.0122. The number of pyridine rings is 1. The molecule has 7 nitrogen and oxygen atoms in total. The second-order valence-electron chi connectivity index (χ2n) is 7.83. The van der Waals surface area contributed by atoms with Crippen molar-refractivity contribution >= 4 is 39.6 Å². The van der Waals surface area contributed by atoms with Crippen LogP contribution in [0.25, 0.3) is 11.4 Å². The van der Waals surface area contributed by atoms with E-state index >= 15 is 0 Å². The van der Waals surface area contributed by atoms with Crippen molar-refractivity contribution in [1.29, 1.82) is 0 Å². The minimum Gasteiger partial charge on any atom is -0.505 e. The second kappa shape index (κ2) is 7.42. The Morgan fingerprint density at radius 1 is 1.09 bits per heavy atom. The van der Waals surface area contributed by atoms with E-state index in [0.29, 0.717) is 22.0 Å². The zero-order chi connectivity index (χ0) is 22.6. The van der Waals surface area contributed by atoms with E-state index in [9.17, 15) is 14.7 Å². The molecule has 3 aromatic heterocycles. The van der Waals surface area contributed by atoms with Crippen molar-refractivity contribution in [1.82, 2.24) is 14.4 Å². The highest BCUT2D eigenvalue weighted by Gasteiger charge is 2.48. The highest BCUT2D eigenvalue weighted by atomic mass is 32.1. The van der Waals surface area contributed by atoms with Gasteiger partial charge >= 0.3 is 5.91 Å². The maximum absolute atomic E-state index is 13.2. The lowest BCUT2D eigenvalue weighted by atomic mass is 9.96. The van der Waals surface area contributed by atoms with Gasteiger partial charge in [-0.1, -0.05) is 35.9 Å². The van der Waals surface area contributed by atoms with Crippen LogP contribution in [-0.2, 0) is 9.59 Å². The number of imidazole rings is 1. The number of thiazole rings is 1. The molecule has 1 saturated heterocycles. The number of aromatic nitrogens is 3. The smallest absolute Gasteiger partial charge is 0.301 e. The van der Waals surface area contributed by atoms with Gasteiger partial charge < -0.3 is 9.51 Å². The van der Waals surface area contributed by atoms with Crippen LogP contribution in [0.2, 0.25) is 0 Å². The van der Waals surface area contributed by atoms with Crippen molar-refractivity contribution in [2.75, 3.05) is 4.90 Å². The topological polar surface area (TPSA) is 87.8 Å². The van der Waals surface area contributed by atoms with Crippen molar-refractivity contribution in [3.05, 3.63) is 87.8 Å². The summed E-state index contributed by atoms with van der Waals surface area (Å²) in [6.07, 6.45) is 3.44. The number of amides is 1. The fourth-order valence-corrected chi connectivity index (χ4v) is 4.77. The van der Waals surface area contributed by atoms with Gasteiger partial charge in [-0.2, -0.15) is 0 Å². The Hall–Kier alpha value is -3.78. The molecule has 8 heteroatoms.